The van der Waals surface area contributed by atoms with Gasteiger partial charge in [-0.15, -0.1) is 0 Å². The molecule has 0 unspecified atom stereocenters. The Labute approximate surface area is 183 Å². The van der Waals surface area contributed by atoms with E-state index in [1.807, 2.05) is 24.3 Å². The van der Waals surface area contributed by atoms with Crippen molar-refractivity contribution in [3.8, 4) is 11.5 Å². The van der Waals surface area contributed by atoms with Crippen molar-refractivity contribution in [3.63, 3.8) is 0 Å². The van der Waals surface area contributed by atoms with Gasteiger partial charge in [-0.25, -0.2) is 4.79 Å². The number of amides is 2. The molecule has 1 heterocycles. The molecule has 164 valence electrons. The summed E-state index contributed by atoms with van der Waals surface area (Å²) in [6.45, 7) is 4.19. The quantitative estimate of drug-likeness (QED) is 0.508. The molecule has 0 fully saturated rings. The molecule has 4 rings (SSSR count). The number of urea groups is 1. The Balaban J connectivity index is 1.52. The van der Waals surface area contributed by atoms with Crippen molar-refractivity contribution < 1.29 is 14.3 Å². The maximum Gasteiger partial charge on any atom is 0.315 e. The number of carbonyl (C=O) groups excluding carboxylic acids is 1. The van der Waals surface area contributed by atoms with Gasteiger partial charge in [0.2, 0.25) is 0 Å². The van der Waals surface area contributed by atoms with E-state index in [1.54, 1.807) is 14.2 Å². The second-order valence-electron chi connectivity index (χ2n) is 8.46. The van der Waals surface area contributed by atoms with Gasteiger partial charge in [0, 0.05) is 16.6 Å². The predicted molar refractivity (Wildman–Crippen MR) is 123 cm³/mol. The van der Waals surface area contributed by atoms with Crippen LogP contribution in [0.2, 0.25) is 0 Å². The number of rotatable bonds is 6. The molecule has 6 nitrogen and oxygen atoms in total. The molecule has 2 amide bonds. The third-order valence-electron chi connectivity index (χ3n) is 6.14. The van der Waals surface area contributed by atoms with E-state index in [2.05, 4.69) is 47.7 Å². The summed E-state index contributed by atoms with van der Waals surface area (Å²) >= 11 is 0. The van der Waals surface area contributed by atoms with Gasteiger partial charge in [0.15, 0.2) is 11.5 Å². The molecule has 1 aliphatic carbocycles. The SMILES string of the molecule is COc1ccc([C@H](NC(=O)N[C@@H]2CCCc3c2[nH]c2ccccc32)C(C)C)cc1OC. The molecule has 0 aliphatic heterocycles. The second-order valence-corrected chi connectivity index (χ2v) is 8.46. The Morgan fingerprint density at radius 1 is 1.10 bits per heavy atom. The number of H-pyrrole nitrogens is 1. The smallest absolute Gasteiger partial charge is 0.315 e. The largest absolute Gasteiger partial charge is 0.493 e. The van der Waals surface area contributed by atoms with Gasteiger partial charge in [-0.3, -0.25) is 0 Å². The van der Waals surface area contributed by atoms with Crippen LogP contribution >= 0.6 is 0 Å². The van der Waals surface area contributed by atoms with Gasteiger partial charge < -0.3 is 25.1 Å². The van der Waals surface area contributed by atoms with Crippen LogP contribution in [-0.4, -0.2) is 25.2 Å². The fourth-order valence-electron chi connectivity index (χ4n) is 4.58. The molecule has 2 atom stereocenters. The number of aryl methyl sites for hydroxylation is 1. The van der Waals surface area contributed by atoms with E-state index in [4.69, 9.17) is 9.47 Å². The Bertz CT molecular complexity index is 1070. The summed E-state index contributed by atoms with van der Waals surface area (Å²) in [4.78, 5) is 16.5. The molecular weight excluding hydrogens is 390 g/mol. The van der Waals surface area contributed by atoms with Crippen LogP contribution in [0, 0.1) is 5.92 Å². The van der Waals surface area contributed by atoms with Gasteiger partial charge in [-0.2, -0.15) is 0 Å². The molecule has 1 aromatic heterocycles. The standard InChI is InChI=1S/C25H31N3O3/c1-15(2)23(16-12-13-21(30-3)22(14-16)31-4)28-25(29)27-20-11-7-9-18-17-8-5-6-10-19(17)26-24(18)20/h5-6,8,10,12-15,20,23,26H,7,9,11H2,1-4H3,(H2,27,28,29)/t20-,23-/m1/s1. The van der Waals surface area contributed by atoms with Crippen LogP contribution in [0.5, 0.6) is 11.5 Å². The zero-order chi connectivity index (χ0) is 22.0. The van der Waals surface area contributed by atoms with Crippen molar-refractivity contribution in [1.29, 1.82) is 0 Å². The first-order valence-electron chi connectivity index (χ1n) is 10.9. The summed E-state index contributed by atoms with van der Waals surface area (Å²) in [5.41, 5.74) is 4.58. The zero-order valence-electron chi connectivity index (χ0n) is 18.6. The van der Waals surface area contributed by atoms with Crippen LogP contribution in [0.4, 0.5) is 4.79 Å². The normalized spacial score (nSPS) is 16.6. The molecule has 3 aromatic rings. The monoisotopic (exact) mass is 421 g/mol. The van der Waals surface area contributed by atoms with Gasteiger partial charge in [0.05, 0.1) is 26.3 Å². The highest BCUT2D eigenvalue weighted by Gasteiger charge is 2.27. The number of carbonyl (C=O) groups is 1. The summed E-state index contributed by atoms with van der Waals surface area (Å²) in [6, 6.07) is 13.8. The maximum atomic E-state index is 13.0. The lowest BCUT2D eigenvalue weighted by Gasteiger charge is -2.27. The fourth-order valence-corrected chi connectivity index (χ4v) is 4.58. The Kier molecular flexibility index (Phi) is 6.07. The minimum atomic E-state index is -0.162. The Hall–Kier alpha value is -3.15. The van der Waals surface area contributed by atoms with E-state index < -0.39 is 0 Å². The molecule has 1 aliphatic rings. The summed E-state index contributed by atoms with van der Waals surface area (Å²) in [5, 5.41) is 7.64. The molecule has 0 radical (unpaired) electrons. The van der Waals surface area contributed by atoms with Crippen LogP contribution in [0.3, 0.4) is 0 Å². The third-order valence-corrected chi connectivity index (χ3v) is 6.14. The molecular formula is C25H31N3O3. The van der Waals surface area contributed by atoms with E-state index in [9.17, 15) is 4.79 Å². The molecule has 0 saturated heterocycles. The number of methoxy groups -OCH3 is 2. The first-order chi connectivity index (χ1) is 15.0. The van der Waals surface area contributed by atoms with Crippen molar-refractivity contribution in [3.05, 3.63) is 59.3 Å². The van der Waals surface area contributed by atoms with E-state index in [1.165, 1.54) is 10.9 Å². The average molecular weight is 422 g/mol. The number of benzene rings is 2. The number of ether oxygens (including phenoxy) is 2. The minimum absolute atomic E-state index is 0.0191. The lowest BCUT2D eigenvalue weighted by atomic mass is 9.91. The molecule has 0 bridgehead atoms. The van der Waals surface area contributed by atoms with E-state index in [0.29, 0.717) is 11.5 Å². The highest BCUT2D eigenvalue weighted by atomic mass is 16.5. The van der Waals surface area contributed by atoms with E-state index in [0.717, 1.165) is 36.0 Å². The Morgan fingerprint density at radius 2 is 1.87 bits per heavy atom. The first-order valence-corrected chi connectivity index (χ1v) is 10.9. The molecule has 2 aromatic carbocycles. The van der Waals surface area contributed by atoms with Crippen LogP contribution in [0.25, 0.3) is 10.9 Å². The maximum absolute atomic E-state index is 13.0. The summed E-state index contributed by atoms with van der Waals surface area (Å²) in [6.07, 6.45) is 3.03. The average Bonchev–Trinajstić information content (AvgIpc) is 3.16. The number of nitrogens with one attached hydrogen (secondary N) is 3. The van der Waals surface area contributed by atoms with Crippen molar-refractivity contribution in [1.82, 2.24) is 15.6 Å². The number of para-hydroxylation sites is 1. The van der Waals surface area contributed by atoms with Crippen molar-refractivity contribution in [2.75, 3.05) is 14.2 Å². The second kappa shape index (κ2) is 8.92. The minimum Gasteiger partial charge on any atom is -0.493 e. The number of hydrogen-bond acceptors (Lipinski definition) is 3. The van der Waals surface area contributed by atoms with Gasteiger partial charge in [0.25, 0.3) is 0 Å². The summed E-state index contributed by atoms with van der Waals surface area (Å²) in [7, 11) is 3.23. The molecule has 31 heavy (non-hydrogen) atoms. The Morgan fingerprint density at radius 3 is 2.61 bits per heavy atom. The van der Waals surface area contributed by atoms with Gasteiger partial charge in [-0.1, -0.05) is 38.1 Å². The van der Waals surface area contributed by atoms with E-state index in [-0.39, 0.29) is 24.0 Å². The van der Waals surface area contributed by atoms with Crippen LogP contribution in [0.15, 0.2) is 42.5 Å². The van der Waals surface area contributed by atoms with Gasteiger partial charge in [0.1, 0.15) is 0 Å². The van der Waals surface area contributed by atoms with Gasteiger partial charge >= 0.3 is 6.03 Å². The summed E-state index contributed by atoms with van der Waals surface area (Å²) < 4.78 is 10.8. The third kappa shape index (κ3) is 4.20. The molecule has 0 spiro atoms. The van der Waals surface area contributed by atoms with Crippen molar-refractivity contribution in [2.45, 2.75) is 45.2 Å². The highest BCUT2D eigenvalue weighted by Crippen LogP contribution is 2.35. The van der Waals surface area contributed by atoms with Crippen LogP contribution < -0.4 is 20.1 Å². The van der Waals surface area contributed by atoms with Crippen LogP contribution in [0.1, 0.15) is 55.6 Å². The number of aromatic amines is 1. The van der Waals surface area contributed by atoms with Crippen molar-refractivity contribution >= 4 is 16.9 Å². The first kappa shape index (κ1) is 21.1. The summed E-state index contributed by atoms with van der Waals surface area (Å²) in [5.74, 6) is 1.54. The number of hydrogen-bond donors (Lipinski definition) is 3. The predicted octanol–water partition coefficient (Wildman–Crippen LogP) is 5.26. The van der Waals surface area contributed by atoms with Crippen molar-refractivity contribution in [2.24, 2.45) is 5.92 Å². The number of aromatic nitrogens is 1. The zero-order valence-corrected chi connectivity index (χ0v) is 18.6. The van der Waals surface area contributed by atoms with Crippen LogP contribution in [-0.2, 0) is 6.42 Å². The van der Waals surface area contributed by atoms with Gasteiger partial charge in [-0.05, 0) is 54.5 Å². The van der Waals surface area contributed by atoms with E-state index >= 15 is 0 Å². The lowest BCUT2D eigenvalue weighted by Crippen LogP contribution is -2.42. The number of fused-ring (bicyclic) bond motifs is 3. The molecule has 0 saturated carbocycles. The molecule has 3 N–H and O–H groups in total. The fraction of sp³-hybridized carbons (Fsp3) is 0.400. The topological polar surface area (TPSA) is 75.4 Å². The lowest BCUT2D eigenvalue weighted by molar-refractivity contribution is 0.227. The highest BCUT2D eigenvalue weighted by molar-refractivity contribution is 5.85. The molecule has 6 heteroatoms.